The topological polar surface area (TPSA) is 63.2 Å². The Morgan fingerprint density at radius 2 is 1.68 bits per heavy atom. The van der Waals surface area contributed by atoms with Gasteiger partial charge < -0.3 is 23.7 Å². The number of fused-ring (bicyclic) bond motifs is 1. The van der Waals surface area contributed by atoms with E-state index in [2.05, 4.69) is 0 Å². The van der Waals surface area contributed by atoms with E-state index < -0.39 is 11.9 Å². The summed E-state index contributed by atoms with van der Waals surface area (Å²) in [6.07, 6.45) is -0.967. The number of Topliss-reactive ketones (excluding diaryl/α,β-unsaturated/α-hetero) is 1. The van der Waals surface area contributed by atoms with Gasteiger partial charge in [0.05, 0.1) is 19.8 Å². The van der Waals surface area contributed by atoms with Crippen LogP contribution in [0.1, 0.15) is 15.9 Å². The summed E-state index contributed by atoms with van der Waals surface area (Å²) in [5.41, 5.74) is 1.02. The number of hydrogen-bond acceptors (Lipinski definition) is 6. The summed E-state index contributed by atoms with van der Waals surface area (Å²) in [6, 6.07) is 12.5. The maximum absolute atomic E-state index is 13.1. The molecule has 132 valence electrons. The highest BCUT2D eigenvalue weighted by Crippen LogP contribution is 2.49. The molecule has 2 atom stereocenters. The van der Waals surface area contributed by atoms with Crippen LogP contribution in [0.3, 0.4) is 0 Å². The number of carbonyl (C=O) groups is 1. The molecule has 0 bridgehead atoms. The van der Waals surface area contributed by atoms with Crippen molar-refractivity contribution in [3.63, 3.8) is 0 Å². The average molecular weight is 344 g/mol. The Kier molecular flexibility index (Phi) is 4.65. The Morgan fingerprint density at radius 1 is 0.960 bits per heavy atom. The second kappa shape index (κ2) is 6.74. The molecule has 0 aromatic heterocycles. The Hall–Kier alpha value is -2.57. The highest BCUT2D eigenvalue weighted by molar-refractivity contribution is 6.04. The number of ether oxygens (including phenoxy) is 5. The highest BCUT2D eigenvalue weighted by Gasteiger charge is 2.53. The van der Waals surface area contributed by atoms with Crippen molar-refractivity contribution in [1.82, 2.24) is 0 Å². The zero-order valence-electron chi connectivity index (χ0n) is 14.6. The third-order valence-electron chi connectivity index (χ3n) is 4.32. The van der Waals surface area contributed by atoms with E-state index in [1.165, 1.54) is 28.4 Å². The third kappa shape index (κ3) is 2.54. The van der Waals surface area contributed by atoms with E-state index in [1.54, 1.807) is 12.1 Å². The highest BCUT2D eigenvalue weighted by atomic mass is 16.7. The molecule has 0 fully saturated rings. The first-order valence-electron chi connectivity index (χ1n) is 7.74. The molecule has 1 aliphatic rings. The summed E-state index contributed by atoms with van der Waals surface area (Å²) in [4.78, 5) is 13.1. The van der Waals surface area contributed by atoms with Crippen molar-refractivity contribution in [2.24, 2.45) is 0 Å². The molecule has 0 radical (unpaired) electrons. The molecule has 3 rings (SSSR count). The molecule has 6 heteroatoms. The fourth-order valence-corrected chi connectivity index (χ4v) is 3.12. The standard InChI is InChI=1S/C19H20O6/c1-21-14-11-10-13-15(20)18(23-3)19(24-4,12-8-6-5-7-9-12)25-16(13)17(14)22-2/h5-11,18H,1-4H3. The maximum atomic E-state index is 13.1. The average Bonchev–Trinajstić information content (AvgIpc) is 2.67. The van der Waals surface area contributed by atoms with Crippen molar-refractivity contribution in [3.05, 3.63) is 53.6 Å². The molecule has 2 aromatic rings. The minimum Gasteiger partial charge on any atom is -0.493 e. The van der Waals surface area contributed by atoms with Gasteiger partial charge in [-0.1, -0.05) is 30.3 Å². The molecule has 0 spiro atoms. The van der Waals surface area contributed by atoms with Gasteiger partial charge in [0, 0.05) is 19.8 Å². The Bertz CT molecular complexity index is 773. The Labute approximate surface area is 146 Å². The van der Waals surface area contributed by atoms with Gasteiger partial charge in [-0.3, -0.25) is 4.79 Å². The lowest BCUT2D eigenvalue weighted by atomic mass is 9.89. The normalized spacial score (nSPS) is 22.1. The Balaban J connectivity index is 2.25. The molecular formula is C19H20O6. The summed E-state index contributed by atoms with van der Waals surface area (Å²) in [6.45, 7) is 0. The van der Waals surface area contributed by atoms with Gasteiger partial charge in [0.1, 0.15) is 0 Å². The van der Waals surface area contributed by atoms with E-state index in [0.29, 0.717) is 22.6 Å². The van der Waals surface area contributed by atoms with Crippen LogP contribution in [0, 0.1) is 0 Å². The van der Waals surface area contributed by atoms with Crippen molar-refractivity contribution in [1.29, 1.82) is 0 Å². The summed E-state index contributed by atoms with van der Waals surface area (Å²) >= 11 is 0. The van der Waals surface area contributed by atoms with Gasteiger partial charge >= 0.3 is 0 Å². The smallest absolute Gasteiger partial charge is 0.271 e. The second-order valence-corrected chi connectivity index (χ2v) is 5.50. The van der Waals surface area contributed by atoms with Crippen LogP contribution in [0.4, 0.5) is 0 Å². The largest absolute Gasteiger partial charge is 0.493 e. The number of methoxy groups -OCH3 is 4. The van der Waals surface area contributed by atoms with E-state index in [0.717, 1.165) is 0 Å². The molecule has 0 saturated carbocycles. The number of rotatable bonds is 5. The molecule has 0 amide bonds. The molecule has 0 N–H and O–H groups in total. The van der Waals surface area contributed by atoms with Crippen LogP contribution in [0.5, 0.6) is 17.2 Å². The summed E-state index contributed by atoms with van der Waals surface area (Å²) in [5, 5.41) is 0. The first kappa shape index (κ1) is 17.3. The van der Waals surface area contributed by atoms with Crippen LogP contribution < -0.4 is 14.2 Å². The third-order valence-corrected chi connectivity index (χ3v) is 4.32. The van der Waals surface area contributed by atoms with Crippen LogP contribution in [0.15, 0.2) is 42.5 Å². The lowest BCUT2D eigenvalue weighted by Gasteiger charge is -2.42. The lowest BCUT2D eigenvalue weighted by Crippen LogP contribution is -2.54. The molecule has 1 heterocycles. The first-order chi connectivity index (χ1) is 12.1. The molecule has 0 aliphatic carbocycles. The monoisotopic (exact) mass is 344 g/mol. The maximum Gasteiger partial charge on any atom is 0.271 e. The molecule has 0 saturated heterocycles. The molecular weight excluding hydrogens is 324 g/mol. The Morgan fingerprint density at radius 3 is 2.24 bits per heavy atom. The van der Waals surface area contributed by atoms with Crippen molar-refractivity contribution in [3.8, 4) is 17.2 Å². The van der Waals surface area contributed by atoms with E-state index >= 15 is 0 Å². The molecule has 2 aromatic carbocycles. The van der Waals surface area contributed by atoms with Gasteiger partial charge in [-0.15, -0.1) is 0 Å². The number of benzene rings is 2. The van der Waals surface area contributed by atoms with E-state index in [9.17, 15) is 4.79 Å². The fraction of sp³-hybridized carbons (Fsp3) is 0.316. The quantitative estimate of drug-likeness (QED) is 0.831. The van der Waals surface area contributed by atoms with Crippen LogP contribution in [-0.4, -0.2) is 40.3 Å². The van der Waals surface area contributed by atoms with Gasteiger partial charge in [-0.25, -0.2) is 0 Å². The van der Waals surface area contributed by atoms with Crippen molar-refractivity contribution in [2.45, 2.75) is 11.9 Å². The summed E-state index contributed by atoms with van der Waals surface area (Å²) in [7, 11) is 5.94. The second-order valence-electron chi connectivity index (χ2n) is 5.50. The molecule has 25 heavy (non-hydrogen) atoms. The van der Waals surface area contributed by atoms with Crippen LogP contribution in [-0.2, 0) is 15.3 Å². The lowest BCUT2D eigenvalue weighted by molar-refractivity contribution is -0.230. The predicted molar refractivity (Wildman–Crippen MR) is 90.4 cm³/mol. The summed E-state index contributed by atoms with van der Waals surface area (Å²) in [5.74, 6) is -0.621. The zero-order valence-corrected chi connectivity index (χ0v) is 14.6. The predicted octanol–water partition coefficient (Wildman–Crippen LogP) is 2.79. The van der Waals surface area contributed by atoms with Crippen molar-refractivity contribution < 1.29 is 28.5 Å². The number of hydrogen-bond donors (Lipinski definition) is 0. The summed E-state index contributed by atoms with van der Waals surface area (Å²) < 4.78 is 28.1. The minimum atomic E-state index is -1.43. The molecule has 6 nitrogen and oxygen atoms in total. The number of ketones is 1. The molecule has 2 unspecified atom stereocenters. The van der Waals surface area contributed by atoms with Gasteiger partial charge in [0.2, 0.25) is 11.5 Å². The van der Waals surface area contributed by atoms with Gasteiger partial charge in [0.15, 0.2) is 17.6 Å². The zero-order chi connectivity index (χ0) is 18.0. The van der Waals surface area contributed by atoms with Crippen LogP contribution in [0.25, 0.3) is 0 Å². The van der Waals surface area contributed by atoms with Gasteiger partial charge in [-0.2, -0.15) is 0 Å². The van der Waals surface area contributed by atoms with Gasteiger partial charge in [0.25, 0.3) is 5.79 Å². The minimum absolute atomic E-state index is 0.254. The number of carbonyl (C=O) groups excluding carboxylic acids is 1. The van der Waals surface area contributed by atoms with Gasteiger partial charge in [-0.05, 0) is 12.1 Å². The fourth-order valence-electron chi connectivity index (χ4n) is 3.12. The van der Waals surface area contributed by atoms with E-state index in [4.69, 9.17) is 23.7 Å². The van der Waals surface area contributed by atoms with Crippen LogP contribution in [0.2, 0.25) is 0 Å². The first-order valence-corrected chi connectivity index (χ1v) is 7.74. The van der Waals surface area contributed by atoms with Crippen LogP contribution >= 0.6 is 0 Å². The molecule has 1 aliphatic heterocycles. The van der Waals surface area contributed by atoms with E-state index in [1.807, 2.05) is 30.3 Å². The van der Waals surface area contributed by atoms with E-state index in [-0.39, 0.29) is 11.5 Å². The van der Waals surface area contributed by atoms with Crippen molar-refractivity contribution in [2.75, 3.05) is 28.4 Å². The SMILES string of the molecule is COc1ccc2c(c1OC)OC(OC)(c1ccccc1)C(OC)C2=O. The van der Waals surface area contributed by atoms with Crippen molar-refractivity contribution >= 4 is 5.78 Å².